The molecule has 0 aromatic rings. The number of quaternary nitrogens is 1. The van der Waals surface area contributed by atoms with E-state index in [0.29, 0.717) is 23.9 Å². The second-order valence-corrected chi connectivity index (χ2v) is 23.7. The zero-order valence-corrected chi connectivity index (χ0v) is 53.4. The maximum atomic E-state index is 12.9. The number of carbonyl (C=O) groups excluding carboxylic acids is 2. The molecule has 0 bridgehead atoms. The zero-order chi connectivity index (χ0) is 59.1. The first-order valence-electron chi connectivity index (χ1n) is 33.8. The van der Waals surface area contributed by atoms with Gasteiger partial charge < -0.3 is 28.5 Å². The van der Waals surface area contributed by atoms with Gasteiger partial charge in [0.1, 0.15) is 13.2 Å². The van der Waals surface area contributed by atoms with Crippen LogP contribution in [0.5, 0.6) is 0 Å². The third-order valence-corrected chi connectivity index (χ3v) is 14.6. The van der Waals surface area contributed by atoms with Gasteiger partial charge in [0, 0.05) is 12.8 Å². The number of allylic oxidation sites excluding steroid dienone is 14. The van der Waals surface area contributed by atoms with Crippen molar-refractivity contribution in [2.45, 2.75) is 309 Å². The van der Waals surface area contributed by atoms with Gasteiger partial charge in [0.25, 0.3) is 6.29 Å². The molecule has 0 radical (unpaired) electrons. The summed E-state index contributed by atoms with van der Waals surface area (Å²) in [5.74, 6) is -2.01. The van der Waals surface area contributed by atoms with Gasteiger partial charge in [0.2, 0.25) is 0 Å². The van der Waals surface area contributed by atoms with Crippen molar-refractivity contribution in [2.75, 3.05) is 47.5 Å². The predicted molar refractivity (Wildman–Crippen MR) is 346 cm³/mol. The predicted octanol–water partition coefficient (Wildman–Crippen LogP) is 20.7. The molecular formula is C72H128NO8+. The summed E-state index contributed by atoms with van der Waals surface area (Å²) in [7, 11) is 5.97. The molecule has 0 spiro atoms. The Morgan fingerprint density at radius 1 is 0.383 bits per heavy atom. The van der Waals surface area contributed by atoms with Crippen LogP contribution in [0.2, 0.25) is 0 Å². The van der Waals surface area contributed by atoms with Crippen molar-refractivity contribution in [2.24, 2.45) is 0 Å². The van der Waals surface area contributed by atoms with E-state index < -0.39 is 24.3 Å². The third kappa shape index (κ3) is 63.9. The third-order valence-electron chi connectivity index (χ3n) is 14.6. The molecule has 0 aliphatic heterocycles. The van der Waals surface area contributed by atoms with Crippen molar-refractivity contribution >= 4 is 17.9 Å². The van der Waals surface area contributed by atoms with Crippen molar-refractivity contribution < 1.29 is 42.9 Å². The Morgan fingerprint density at radius 2 is 0.704 bits per heavy atom. The molecule has 468 valence electrons. The van der Waals surface area contributed by atoms with E-state index in [1.165, 1.54) is 180 Å². The Hall–Kier alpha value is -3.53. The van der Waals surface area contributed by atoms with Gasteiger partial charge in [-0.3, -0.25) is 9.59 Å². The molecular weight excluding hydrogens is 1010 g/mol. The van der Waals surface area contributed by atoms with E-state index in [-0.39, 0.29) is 32.2 Å². The normalized spacial score (nSPS) is 13.2. The maximum absolute atomic E-state index is 12.9. The largest absolute Gasteiger partial charge is 0.477 e. The second-order valence-electron chi connectivity index (χ2n) is 23.7. The van der Waals surface area contributed by atoms with E-state index in [1.807, 2.05) is 21.1 Å². The molecule has 0 aromatic carbocycles. The first-order valence-corrected chi connectivity index (χ1v) is 33.8. The van der Waals surface area contributed by atoms with Crippen LogP contribution in [-0.2, 0) is 33.3 Å². The van der Waals surface area contributed by atoms with Crippen molar-refractivity contribution in [3.8, 4) is 0 Å². The summed E-state index contributed by atoms with van der Waals surface area (Å²) in [4.78, 5) is 37.6. The first kappa shape index (κ1) is 77.5. The van der Waals surface area contributed by atoms with E-state index >= 15 is 0 Å². The number of hydrogen-bond acceptors (Lipinski definition) is 7. The van der Waals surface area contributed by atoms with Gasteiger partial charge in [-0.1, -0.05) is 279 Å². The number of esters is 2. The van der Waals surface area contributed by atoms with Crippen molar-refractivity contribution in [3.05, 3.63) is 85.1 Å². The van der Waals surface area contributed by atoms with E-state index in [1.54, 1.807) is 0 Å². The highest BCUT2D eigenvalue weighted by atomic mass is 16.7. The maximum Gasteiger partial charge on any atom is 0.361 e. The lowest BCUT2D eigenvalue weighted by atomic mass is 10.0. The average Bonchev–Trinajstić information content (AvgIpc) is 3.44. The minimum Gasteiger partial charge on any atom is -0.477 e. The number of likely N-dealkylation sites (N-methyl/N-ethyl adjacent to an activating group) is 1. The van der Waals surface area contributed by atoms with Gasteiger partial charge in [0.05, 0.1) is 34.4 Å². The molecule has 81 heavy (non-hydrogen) atoms. The zero-order valence-electron chi connectivity index (χ0n) is 53.4. The number of carboxylic acids is 1. The minimum absolute atomic E-state index is 0.183. The highest BCUT2D eigenvalue weighted by molar-refractivity contribution is 5.71. The molecule has 2 atom stereocenters. The smallest absolute Gasteiger partial charge is 0.361 e. The van der Waals surface area contributed by atoms with Crippen molar-refractivity contribution in [1.29, 1.82) is 0 Å². The summed E-state index contributed by atoms with van der Waals surface area (Å²) in [6.07, 6.45) is 81.1. The van der Waals surface area contributed by atoms with Gasteiger partial charge in [-0.25, -0.2) is 4.79 Å². The van der Waals surface area contributed by atoms with Crippen LogP contribution in [0.4, 0.5) is 0 Å². The molecule has 2 unspecified atom stereocenters. The Balaban J connectivity index is 4.16. The number of rotatable bonds is 62. The van der Waals surface area contributed by atoms with E-state index in [4.69, 9.17) is 18.9 Å². The van der Waals surface area contributed by atoms with Gasteiger partial charge in [-0.05, 0) is 89.9 Å². The van der Waals surface area contributed by atoms with Crippen LogP contribution < -0.4 is 0 Å². The highest BCUT2D eigenvalue weighted by Crippen LogP contribution is 2.17. The number of carboxylic acid groups (broad SMARTS) is 1. The molecule has 0 aliphatic carbocycles. The average molecular weight is 1140 g/mol. The molecule has 1 N–H and O–H groups in total. The molecule has 9 heteroatoms. The SMILES string of the molecule is CC/C=C\C/C=C\C/C=C\C/C=C\C/C=C\C/C=C\CCCCCCCCCCC(=O)OC(COC(=O)CCCCCCCCCCCCCCCCCCC/C=C\CCCCCCCCCC)COC(OCC[N+](C)(C)C)C(=O)O. The minimum atomic E-state index is -1.52. The Labute approximate surface area is 500 Å². The monoisotopic (exact) mass is 1130 g/mol. The molecule has 0 aliphatic rings. The fraction of sp³-hybridized carbons (Fsp3) is 0.764. The number of nitrogens with zero attached hydrogens (tertiary/aromatic N) is 1. The quantitative estimate of drug-likeness (QED) is 0.0211. The molecule has 0 amide bonds. The lowest BCUT2D eigenvalue weighted by Gasteiger charge is -2.25. The lowest BCUT2D eigenvalue weighted by Crippen LogP contribution is -2.40. The summed E-state index contributed by atoms with van der Waals surface area (Å²) in [6.45, 7) is 4.78. The number of aliphatic carboxylic acids is 1. The van der Waals surface area contributed by atoms with Crippen LogP contribution >= 0.6 is 0 Å². The van der Waals surface area contributed by atoms with Crippen LogP contribution in [0, 0.1) is 0 Å². The molecule has 9 nitrogen and oxygen atoms in total. The van der Waals surface area contributed by atoms with E-state index in [0.717, 1.165) is 83.5 Å². The van der Waals surface area contributed by atoms with Crippen LogP contribution in [0.25, 0.3) is 0 Å². The standard InChI is InChI=1S/C72H127NO8/c1-6-8-10-12-14-16-18-20-22-24-26-28-30-32-34-35-37-38-40-42-44-46-48-50-52-54-56-58-60-62-69(74)79-66-68(67-80-72(71(76)77)78-65-64-73(3,4)5)81-70(75)63-61-59-57-55-53-51-49-47-45-43-41-39-36-33-31-29-27-25-23-21-19-17-15-13-11-9-7-2/h9,11,15,17,21,23-24,26-27,29,33,36,41,43,68,72H,6-8,10,12-14,16,18-20,22,25,28,30-32,34-35,37-40,42,44-67H2,1-5H3/p+1/b11-9-,17-15-,23-21-,26-24-,29-27-,36-33-,43-41-. The van der Waals surface area contributed by atoms with Crippen LogP contribution in [0.15, 0.2) is 85.1 Å². The van der Waals surface area contributed by atoms with Crippen LogP contribution in [0.1, 0.15) is 296 Å². The van der Waals surface area contributed by atoms with Crippen molar-refractivity contribution in [3.63, 3.8) is 0 Å². The molecule has 0 saturated heterocycles. The first-order chi connectivity index (χ1) is 39.6. The molecule has 0 aromatic heterocycles. The van der Waals surface area contributed by atoms with Gasteiger partial charge in [-0.15, -0.1) is 0 Å². The van der Waals surface area contributed by atoms with E-state index in [9.17, 15) is 19.5 Å². The van der Waals surface area contributed by atoms with Crippen LogP contribution in [0.3, 0.4) is 0 Å². The summed E-state index contributed by atoms with van der Waals surface area (Å²) < 4.78 is 23.0. The van der Waals surface area contributed by atoms with Crippen LogP contribution in [-0.4, -0.2) is 87.4 Å². The fourth-order valence-corrected chi connectivity index (χ4v) is 9.48. The molecule has 0 rings (SSSR count). The fourth-order valence-electron chi connectivity index (χ4n) is 9.48. The van der Waals surface area contributed by atoms with Gasteiger partial charge >= 0.3 is 17.9 Å². The molecule has 0 saturated carbocycles. The number of unbranched alkanes of at least 4 members (excludes halogenated alkanes) is 33. The summed E-state index contributed by atoms with van der Waals surface area (Å²) in [6, 6.07) is 0. The second kappa shape index (κ2) is 62.5. The number of ether oxygens (including phenoxy) is 4. The molecule has 0 fully saturated rings. The Bertz CT molecular complexity index is 1600. The van der Waals surface area contributed by atoms with Gasteiger partial charge in [0.15, 0.2) is 6.10 Å². The number of carbonyl (C=O) groups is 3. The highest BCUT2D eigenvalue weighted by Gasteiger charge is 2.25. The van der Waals surface area contributed by atoms with E-state index in [2.05, 4.69) is 98.9 Å². The summed E-state index contributed by atoms with van der Waals surface area (Å²) in [5, 5.41) is 9.74. The van der Waals surface area contributed by atoms with Crippen molar-refractivity contribution in [1.82, 2.24) is 0 Å². The Morgan fingerprint density at radius 3 is 1.06 bits per heavy atom. The number of hydrogen-bond donors (Lipinski definition) is 1. The summed E-state index contributed by atoms with van der Waals surface area (Å²) >= 11 is 0. The Kier molecular flexibility index (Phi) is 59.8. The molecule has 0 heterocycles. The lowest BCUT2D eigenvalue weighted by molar-refractivity contribution is -0.870. The van der Waals surface area contributed by atoms with Gasteiger partial charge in [-0.2, -0.15) is 0 Å². The topological polar surface area (TPSA) is 108 Å². The summed E-state index contributed by atoms with van der Waals surface area (Å²) in [5.41, 5.74) is 0.